The van der Waals surface area contributed by atoms with Crippen LogP contribution >= 0.6 is 0 Å². The Morgan fingerprint density at radius 2 is 1.50 bits per heavy atom. The van der Waals surface area contributed by atoms with Crippen molar-refractivity contribution in [3.8, 4) is 5.75 Å². The second-order valence-corrected chi connectivity index (χ2v) is 9.71. The Bertz CT molecular complexity index is 1170. The summed E-state index contributed by atoms with van der Waals surface area (Å²) in [5.41, 5.74) is 3.71. The summed E-state index contributed by atoms with van der Waals surface area (Å²) in [6.07, 6.45) is 0. The fourth-order valence-corrected chi connectivity index (χ4v) is 4.34. The van der Waals surface area contributed by atoms with E-state index in [1.807, 2.05) is 38.1 Å². The molecule has 3 aromatic carbocycles. The van der Waals surface area contributed by atoms with E-state index >= 15 is 0 Å². The van der Waals surface area contributed by atoms with E-state index in [1.54, 1.807) is 60.5 Å². The Balaban J connectivity index is 1.60. The van der Waals surface area contributed by atoms with Gasteiger partial charge in [0, 0.05) is 20.6 Å². The summed E-state index contributed by atoms with van der Waals surface area (Å²) in [5.74, 6) is 0.351. The van der Waals surface area contributed by atoms with Gasteiger partial charge in [-0.15, -0.1) is 0 Å². The lowest BCUT2D eigenvalue weighted by atomic mass is 10.1. The van der Waals surface area contributed by atoms with E-state index in [4.69, 9.17) is 4.74 Å². The monoisotopic (exact) mass is 452 g/mol. The van der Waals surface area contributed by atoms with Crippen LogP contribution in [0.2, 0.25) is 0 Å². The Kier molecular flexibility index (Phi) is 7.20. The number of hydrogen-bond donors (Lipinski definition) is 0. The second kappa shape index (κ2) is 9.87. The van der Waals surface area contributed by atoms with E-state index in [2.05, 4.69) is 0 Å². The zero-order chi connectivity index (χ0) is 23.3. The molecule has 3 rings (SSSR count). The van der Waals surface area contributed by atoms with Gasteiger partial charge in [0.1, 0.15) is 5.75 Å². The first-order chi connectivity index (χ1) is 15.2. The molecule has 6 nitrogen and oxygen atoms in total. The Hall–Kier alpha value is -3.32. The van der Waals surface area contributed by atoms with E-state index < -0.39 is 10.0 Å². The molecule has 0 aromatic heterocycles. The number of nitrogens with zero attached hydrogens (tertiary/aromatic N) is 2. The molecule has 32 heavy (non-hydrogen) atoms. The number of likely N-dealkylation sites (N-methyl/N-ethyl adjacent to an activating group) is 1. The zero-order valence-electron chi connectivity index (χ0n) is 18.8. The van der Waals surface area contributed by atoms with E-state index in [1.165, 1.54) is 11.4 Å². The first-order valence-electron chi connectivity index (χ1n) is 10.3. The minimum atomic E-state index is -3.66. The molecule has 1 amide bonds. The van der Waals surface area contributed by atoms with Crippen LogP contribution in [0.25, 0.3) is 0 Å². The van der Waals surface area contributed by atoms with Crippen molar-refractivity contribution in [2.45, 2.75) is 25.3 Å². The van der Waals surface area contributed by atoms with Crippen LogP contribution in [0.4, 0.5) is 5.69 Å². The van der Waals surface area contributed by atoms with E-state index in [-0.39, 0.29) is 17.4 Å². The van der Waals surface area contributed by atoms with Crippen molar-refractivity contribution in [2.75, 3.05) is 25.0 Å². The van der Waals surface area contributed by atoms with Crippen LogP contribution in [0, 0.1) is 13.8 Å². The normalized spacial score (nSPS) is 11.1. The van der Waals surface area contributed by atoms with E-state index in [9.17, 15) is 13.2 Å². The summed E-state index contributed by atoms with van der Waals surface area (Å²) in [6.45, 7) is 4.33. The highest BCUT2D eigenvalue weighted by Crippen LogP contribution is 2.24. The molecule has 0 aliphatic rings. The van der Waals surface area contributed by atoms with Crippen molar-refractivity contribution < 1.29 is 17.9 Å². The number of sulfonamides is 1. The molecule has 0 aliphatic carbocycles. The van der Waals surface area contributed by atoms with Crippen LogP contribution in [0.1, 0.15) is 16.7 Å². The van der Waals surface area contributed by atoms with Crippen LogP contribution in [0.15, 0.2) is 77.7 Å². The molecule has 0 bridgehead atoms. The van der Waals surface area contributed by atoms with Gasteiger partial charge in [-0.3, -0.25) is 9.10 Å². The van der Waals surface area contributed by atoms with Gasteiger partial charge in [-0.25, -0.2) is 8.42 Å². The van der Waals surface area contributed by atoms with Crippen LogP contribution in [0.3, 0.4) is 0 Å². The number of aryl methyl sites for hydroxylation is 2. The minimum absolute atomic E-state index is 0.0980. The van der Waals surface area contributed by atoms with Gasteiger partial charge in [0.15, 0.2) is 6.61 Å². The quantitative estimate of drug-likeness (QED) is 0.515. The number of hydrogen-bond acceptors (Lipinski definition) is 4. The third-order valence-corrected chi connectivity index (χ3v) is 7.14. The van der Waals surface area contributed by atoms with Crippen LogP contribution < -0.4 is 9.04 Å². The lowest BCUT2D eigenvalue weighted by Crippen LogP contribution is -2.31. The molecule has 0 aliphatic heterocycles. The maximum absolute atomic E-state index is 12.8. The van der Waals surface area contributed by atoms with Gasteiger partial charge in [0.2, 0.25) is 0 Å². The predicted molar refractivity (Wildman–Crippen MR) is 126 cm³/mol. The number of benzene rings is 3. The minimum Gasteiger partial charge on any atom is -0.484 e. The molecule has 3 aromatic rings. The van der Waals surface area contributed by atoms with Gasteiger partial charge in [-0.2, -0.15) is 0 Å². The van der Waals surface area contributed by atoms with E-state index in [0.29, 0.717) is 18.0 Å². The number of amides is 1. The van der Waals surface area contributed by atoms with Gasteiger partial charge < -0.3 is 9.64 Å². The highest BCUT2D eigenvalue weighted by Gasteiger charge is 2.21. The van der Waals surface area contributed by atoms with Crippen LogP contribution in [-0.4, -0.2) is 39.9 Å². The average Bonchev–Trinajstić information content (AvgIpc) is 2.79. The fourth-order valence-electron chi connectivity index (χ4n) is 3.15. The SMILES string of the molecule is Cc1ccc(S(=O)(=O)N(C)c2ccc(OCC(=O)N(C)Cc3ccccc3C)cc2)cc1. The molecular formula is C25H28N2O4S. The molecule has 0 N–H and O–H groups in total. The van der Waals surface area contributed by atoms with Crippen molar-refractivity contribution in [3.63, 3.8) is 0 Å². The second-order valence-electron chi connectivity index (χ2n) is 7.74. The van der Waals surface area contributed by atoms with Crippen molar-refractivity contribution in [2.24, 2.45) is 0 Å². The van der Waals surface area contributed by atoms with Gasteiger partial charge >= 0.3 is 0 Å². The molecule has 0 saturated heterocycles. The average molecular weight is 453 g/mol. The largest absolute Gasteiger partial charge is 0.484 e. The highest BCUT2D eigenvalue weighted by molar-refractivity contribution is 7.92. The molecule has 0 radical (unpaired) electrons. The molecule has 7 heteroatoms. The summed E-state index contributed by atoms with van der Waals surface area (Å²) in [7, 11) is -0.409. The number of carbonyl (C=O) groups excluding carboxylic acids is 1. The van der Waals surface area contributed by atoms with Gasteiger partial charge in [0.25, 0.3) is 15.9 Å². The van der Waals surface area contributed by atoms with Gasteiger partial charge in [-0.05, 0) is 61.4 Å². The third kappa shape index (κ3) is 5.48. The number of rotatable bonds is 8. The lowest BCUT2D eigenvalue weighted by molar-refractivity contribution is -0.132. The molecule has 0 atom stereocenters. The highest BCUT2D eigenvalue weighted by atomic mass is 32.2. The Morgan fingerprint density at radius 3 is 2.12 bits per heavy atom. The molecular weight excluding hydrogens is 424 g/mol. The Labute approximate surface area is 190 Å². The molecule has 0 unspecified atom stereocenters. The summed E-state index contributed by atoms with van der Waals surface area (Å²) in [4.78, 5) is 14.3. The van der Waals surface area contributed by atoms with Crippen molar-refractivity contribution >= 4 is 21.6 Å². The fraction of sp³-hybridized carbons (Fsp3) is 0.240. The smallest absolute Gasteiger partial charge is 0.264 e. The summed E-state index contributed by atoms with van der Waals surface area (Å²) >= 11 is 0. The molecule has 0 heterocycles. The maximum atomic E-state index is 12.8. The molecule has 168 valence electrons. The summed E-state index contributed by atoms with van der Waals surface area (Å²) < 4.78 is 32.5. The standard InChI is InChI=1S/C25H28N2O4S/c1-19-9-15-24(16-10-19)32(29,30)27(4)22-11-13-23(14-12-22)31-18-25(28)26(3)17-21-8-6-5-7-20(21)2/h5-16H,17-18H2,1-4H3. The third-order valence-electron chi connectivity index (χ3n) is 5.34. The van der Waals surface area contributed by atoms with Crippen molar-refractivity contribution in [1.82, 2.24) is 4.90 Å². The maximum Gasteiger partial charge on any atom is 0.264 e. The first-order valence-corrected chi connectivity index (χ1v) is 11.7. The van der Waals surface area contributed by atoms with Crippen LogP contribution in [0.5, 0.6) is 5.75 Å². The lowest BCUT2D eigenvalue weighted by Gasteiger charge is -2.20. The summed E-state index contributed by atoms with van der Waals surface area (Å²) in [5, 5.41) is 0. The van der Waals surface area contributed by atoms with Crippen LogP contribution in [-0.2, 0) is 21.4 Å². The number of carbonyl (C=O) groups is 1. The molecule has 0 fully saturated rings. The summed E-state index contributed by atoms with van der Waals surface area (Å²) in [6, 6.07) is 21.3. The Morgan fingerprint density at radius 1 is 0.875 bits per heavy atom. The van der Waals surface area contributed by atoms with Crippen molar-refractivity contribution in [3.05, 3.63) is 89.5 Å². The van der Waals surface area contributed by atoms with Crippen molar-refractivity contribution in [1.29, 1.82) is 0 Å². The zero-order valence-corrected chi connectivity index (χ0v) is 19.6. The van der Waals surface area contributed by atoms with Gasteiger partial charge in [0.05, 0.1) is 10.6 Å². The molecule has 0 saturated carbocycles. The number of anilines is 1. The number of ether oxygens (including phenoxy) is 1. The van der Waals surface area contributed by atoms with E-state index in [0.717, 1.165) is 16.7 Å². The topological polar surface area (TPSA) is 66.9 Å². The van der Waals surface area contributed by atoms with Gasteiger partial charge in [-0.1, -0.05) is 42.0 Å². The predicted octanol–water partition coefficient (Wildman–Crippen LogP) is 4.17. The molecule has 0 spiro atoms. The first kappa shape index (κ1) is 23.3.